The summed E-state index contributed by atoms with van der Waals surface area (Å²) in [7, 11) is 0. The second-order valence-corrected chi connectivity index (χ2v) is 12.0. The summed E-state index contributed by atoms with van der Waals surface area (Å²) in [6.45, 7) is 2.96. The van der Waals surface area contributed by atoms with Crippen molar-refractivity contribution >= 4 is 63.0 Å². The normalized spacial score (nSPS) is 16.4. The summed E-state index contributed by atoms with van der Waals surface area (Å²) in [6, 6.07) is 14.2. The first-order chi connectivity index (χ1) is 22.7. The lowest BCUT2D eigenvalue weighted by Gasteiger charge is -2.17. The van der Waals surface area contributed by atoms with Gasteiger partial charge in [-0.25, -0.2) is 14.9 Å². The van der Waals surface area contributed by atoms with E-state index in [2.05, 4.69) is 21.8 Å². The Morgan fingerprint density at radius 3 is 2.43 bits per heavy atom. The number of para-hydroxylation sites is 1. The quantitative estimate of drug-likeness (QED) is 0.166. The number of carbonyl (C=O) groups is 5. The number of hydrogen-bond acceptors (Lipinski definition) is 8. The molecule has 5 amide bonds. The molecular formula is C35H37N7O5. The van der Waals surface area contributed by atoms with Gasteiger partial charge in [0.05, 0.1) is 23.1 Å². The molecule has 0 aliphatic carbocycles. The van der Waals surface area contributed by atoms with E-state index in [4.69, 9.17) is 10.7 Å². The van der Waals surface area contributed by atoms with E-state index in [1.165, 1.54) is 17.1 Å². The predicted molar refractivity (Wildman–Crippen MR) is 177 cm³/mol. The first-order valence-corrected chi connectivity index (χ1v) is 16.1. The number of amides is 5. The predicted octanol–water partition coefficient (Wildman–Crippen LogP) is 3.79. The molecule has 0 radical (unpaired) electrons. The molecule has 0 saturated carbocycles. The lowest BCUT2D eigenvalue weighted by Crippen LogP contribution is -2.41. The van der Waals surface area contributed by atoms with Crippen molar-refractivity contribution in [2.75, 3.05) is 17.2 Å². The van der Waals surface area contributed by atoms with Crippen molar-refractivity contribution in [3.63, 3.8) is 0 Å². The van der Waals surface area contributed by atoms with Gasteiger partial charge < -0.3 is 15.6 Å². The SMILES string of the molecule is CCCCc1nc2c(N)nc3ccccc3c2n1Cc1ccc(N2C(=O)CC(NC(=O)CCCCCN3C(=O)C=CC3=O)C2=O)cc1. The number of nitrogens with one attached hydrogen (secondary N) is 1. The number of carbonyl (C=O) groups excluding carboxylic acids is 5. The third-order valence-corrected chi connectivity index (χ3v) is 8.65. The van der Waals surface area contributed by atoms with E-state index >= 15 is 0 Å². The van der Waals surface area contributed by atoms with E-state index in [0.717, 1.165) is 52.0 Å². The number of hydrogen-bond donors (Lipinski definition) is 2. The van der Waals surface area contributed by atoms with Gasteiger partial charge in [0, 0.05) is 43.5 Å². The minimum atomic E-state index is -0.925. The van der Waals surface area contributed by atoms with Crippen LogP contribution >= 0.6 is 0 Å². The second kappa shape index (κ2) is 13.5. The molecule has 2 aromatic carbocycles. The van der Waals surface area contributed by atoms with Crippen LogP contribution in [-0.4, -0.2) is 61.6 Å². The molecule has 4 aromatic rings. The highest BCUT2D eigenvalue weighted by Gasteiger charge is 2.40. The van der Waals surface area contributed by atoms with E-state index in [9.17, 15) is 24.0 Å². The fraction of sp³-hybridized carbons (Fsp3) is 0.343. The van der Waals surface area contributed by atoms with Gasteiger partial charge in [-0.05, 0) is 43.0 Å². The number of anilines is 2. The van der Waals surface area contributed by atoms with Crippen LogP contribution in [0.2, 0.25) is 0 Å². The first kappa shape index (κ1) is 31.6. The van der Waals surface area contributed by atoms with Gasteiger partial charge in [0.15, 0.2) is 5.82 Å². The number of nitrogens with zero attached hydrogens (tertiary/aromatic N) is 5. The Kier molecular flexibility index (Phi) is 9.10. The zero-order valence-corrected chi connectivity index (χ0v) is 26.3. The van der Waals surface area contributed by atoms with Crippen molar-refractivity contribution in [3.8, 4) is 0 Å². The number of pyridine rings is 1. The Bertz CT molecular complexity index is 1890. The number of fused-ring (bicyclic) bond motifs is 3. The highest BCUT2D eigenvalue weighted by Crippen LogP contribution is 2.31. The third-order valence-electron chi connectivity index (χ3n) is 8.65. The monoisotopic (exact) mass is 635 g/mol. The molecule has 2 aromatic heterocycles. The van der Waals surface area contributed by atoms with Crippen LogP contribution < -0.4 is 16.0 Å². The summed E-state index contributed by atoms with van der Waals surface area (Å²) in [5, 5.41) is 3.67. The smallest absolute Gasteiger partial charge is 0.256 e. The summed E-state index contributed by atoms with van der Waals surface area (Å²) in [5.41, 5.74) is 10.2. The topological polar surface area (TPSA) is 161 Å². The zero-order chi connectivity index (χ0) is 33.1. The van der Waals surface area contributed by atoms with E-state index in [1.54, 1.807) is 12.1 Å². The molecule has 12 heteroatoms. The molecule has 2 aliphatic heterocycles. The van der Waals surface area contributed by atoms with Crippen molar-refractivity contribution in [2.45, 2.75) is 70.9 Å². The van der Waals surface area contributed by atoms with Gasteiger partial charge in [0.2, 0.25) is 11.8 Å². The minimum Gasteiger partial charge on any atom is -0.382 e. The Labute approximate surface area is 271 Å². The van der Waals surface area contributed by atoms with Crippen molar-refractivity contribution in [1.29, 1.82) is 0 Å². The van der Waals surface area contributed by atoms with Crippen molar-refractivity contribution in [3.05, 3.63) is 72.1 Å². The van der Waals surface area contributed by atoms with Gasteiger partial charge >= 0.3 is 0 Å². The lowest BCUT2D eigenvalue weighted by atomic mass is 10.1. The van der Waals surface area contributed by atoms with Crippen LogP contribution in [0.4, 0.5) is 11.5 Å². The number of unbranched alkanes of at least 4 members (excludes halogenated alkanes) is 3. The van der Waals surface area contributed by atoms with Gasteiger partial charge in [0.1, 0.15) is 17.4 Å². The maximum atomic E-state index is 13.2. The summed E-state index contributed by atoms with van der Waals surface area (Å²) in [5.74, 6) is -0.492. The van der Waals surface area contributed by atoms with E-state index in [1.807, 2.05) is 36.4 Å². The molecule has 0 bridgehead atoms. The standard InChI is InChI=1S/C35H37N7O5/c1-2-3-11-27-39-32-33(24-9-6-7-10-25(24)38-34(32)36)41(27)21-22-13-15-23(16-14-22)42-31(46)20-26(35(42)47)37-28(43)12-5-4-8-19-40-29(44)17-18-30(40)45/h6-7,9-10,13-18,26H,2-5,8,11-12,19-21H2,1H3,(H2,36,38)(H,37,43). The number of imidazole rings is 1. The summed E-state index contributed by atoms with van der Waals surface area (Å²) in [4.78, 5) is 73.7. The lowest BCUT2D eigenvalue weighted by molar-refractivity contribution is -0.137. The maximum Gasteiger partial charge on any atom is 0.256 e. The van der Waals surface area contributed by atoms with Gasteiger partial charge in [-0.1, -0.05) is 50.1 Å². The summed E-state index contributed by atoms with van der Waals surface area (Å²) in [6.07, 6.45) is 7.09. The second-order valence-electron chi connectivity index (χ2n) is 12.0. The van der Waals surface area contributed by atoms with E-state index < -0.39 is 11.9 Å². The fourth-order valence-electron chi connectivity index (χ4n) is 6.20. The number of rotatable bonds is 13. The van der Waals surface area contributed by atoms with Gasteiger partial charge in [0.25, 0.3) is 17.7 Å². The Hall–Kier alpha value is -5.39. The Balaban J connectivity index is 1.09. The fourth-order valence-corrected chi connectivity index (χ4v) is 6.20. The molecule has 4 heterocycles. The molecule has 47 heavy (non-hydrogen) atoms. The van der Waals surface area contributed by atoms with Crippen molar-refractivity contribution in [1.82, 2.24) is 24.8 Å². The molecule has 1 atom stereocenters. The maximum absolute atomic E-state index is 13.2. The van der Waals surface area contributed by atoms with Crippen LogP contribution in [0.1, 0.15) is 63.3 Å². The molecule has 1 saturated heterocycles. The molecule has 1 unspecified atom stereocenters. The highest BCUT2D eigenvalue weighted by molar-refractivity contribution is 6.23. The third kappa shape index (κ3) is 6.49. The number of imide groups is 2. The zero-order valence-electron chi connectivity index (χ0n) is 26.3. The molecule has 1 fully saturated rings. The minimum absolute atomic E-state index is 0.108. The summed E-state index contributed by atoms with van der Waals surface area (Å²) >= 11 is 0. The van der Waals surface area contributed by atoms with Crippen LogP contribution in [0, 0.1) is 0 Å². The van der Waals surface area contributed by atoms with Gasteiger partial charge in [-0.2, -0.15) is 0 Å². The van der Waals surface area contributed by atoms with E-state index in [0.29, 0.717) is 49.4 Å². The molecule has 2 aliphatic rings. The average molecular weight is 636 g/mol. The summed E-state index contributed by atoms with van der Waals surface area (Å²) < 4.78 is 2.18. The molecule has 12 nitrogen and oxygen atoms in total. The largest absolute Gasteiger partial charge is 0.382 e. The number of aromatic nitrogens is 3. The number of nitrogen functional groups attached to an aromatic ring is 1. The van der Waals surface area contributed by atoms with Crippen LogP contribution in [0.3, 0.4) is 0 Å². The van der Waals surface area contributed by atoms with Gasteiger partial charge in [-0.15, -0.1) is 0 Å². The molecule has 0 spiro atoms. The van der Waals surface area contributed by atoms with Crippen LogP contribution in [0.5, 0.6) is 0 Å². The number of aryl methyl sites for hydroxylation is 1. The highest BCUT2D eigenvalue weighted by atomic mass is 16.2. The first-order valence-electron chi connectivity index (χ1n) is 16.1. The van der Waals surface area contributed by atoms with Crippen molar-refractivity contribution < 1.29 is 24.0 Å². The molecule has 3 N–H and O–H groups in total. The van der Waals surface area contributed by atoms with E-state index in [-0.39, 0.29) is 36.5 Å². The van der Waals surface area contributed by atoms with Crippen LogP contribution in [0.15, 0.2) is 60.7 Å². The van der Waals surface area contributed by atoms with Gasteiger partial charge in [-0.3, -0.25) is 28.9 Å². The Morgan fingerprint density at radius 2 is 1.68 bits per heavy atom. The molecule has 242 valence electrons. The Morgan fingerprint density at radius 1 is 0.936 bits per heavy atom. The number of nitrogens with two attached hydrogens (primary N) is 1. The van der Waals surface area contributed by atoms with Crippen molar-refractivity contribution in [2.24, 2.45) is 0 Å². The van der Waals surface area contributed by atoms with Crippen LogP contribution in [0.25, 0.3) is 21.9 Å². The number of benzene rings is 2. The molecule has 6 rings (SSSR count). The average Bonchev–Trinajstić information content (AvgIpc) is 3.68. The van der Waals surface area contributed by atoms with Crippen LogP contribution in [-0.2, 0) is 36.9 Å². The molecular weight excluding hydrogens is 598 g/mol.